The Hall–Kier alpha value is -2.58. The molecule has 0 spiro atoms. The van der Waals surface area contributed by atoms with Gasteiger partial charge < -0.3 is 24.8 Å². The van der Waals surface area contributed by atoms with E-state index < -0.39 is 12.1 Å². The molecule has 0 bridgehead atoms. The zero-order valence-corrected chi connectivity index (χ0v) is 16.7. The predicted molar refractivity (Wildman–Crippen MR) is 107 cm³/mol. The third-order valence-corrected chi connectivity index (χ3v) is 5.94. The van der Waals surface area contributed by atoms with Crippen LogP contribution >= 0.6 is 11.3 Å². The number of anilines is 1. The zero-order chi connectivity index (χ0) is 20.1. The van der Waals surface area contributed by atoms with Gasteiger partial charge in [0.2, 0.25) is 0 Å². The summed E-state index contributed by atoms with van der Waals surface area (Å²) in [5, 5.41) is 13.0. The van der Waals surface area contributed by atoms with Crippen LogP contribution in [0.4, 0.5) is 9.80 Å². The SMILES string of the molecule is COC1CN(c2cc(C(=O)O)c(C)s2)CCC1NC(=O)OCc1ccccc1. The molecule has 2 N–H and O–H groups in total. The van der Waals surface area contributed by atoms with E-state index in [0.29, 0.717) is 25.1 Å². The van der Waals surface area contributed by atoms with Crippen LogP contribution in [0.15, 0.2) is 36.4 Å². The van der Waals surface area contributed by atoms with Gasteiger partial charge in [-0.05, 0) is 25.0 Å². The quantitative estimate of drug-likeness (QED) is 0.768. The Labute approximate surface area is 167 Å². The standard InChI is InChI=1S/C20H24N2O5S/c1-13-15(19(23)24)10-18(28-13)22-9-8-16(17(11-22)26-2)21-20(25)27-12-14-6-4-3-5-7-14/h3-7,10,16-17H,8-9,11-12H2,1-2H3,(H,21,25)(H,23,24). The number of carboxylic acids is 1. The van der Waals surface area contributed by atoms with Gasteiger partial charge in [-0.25, -0.2) is 9.59 Å². The van der Waals surface area contributed by atoms with Crippen LogP contribution < -0.4 is 10.2 Å². The summed E-state index contributed by atoms with van der Waals surface area (Å²) in [6, 6.07) is 11.1. The van der Waals surface area contributed by atoms with Gasteiger partial charge in [0.05, 0.1) is 22.7 Å². The van der Waals surface area contributed by atoms with Crippen LogP contribution in [0.5, 0.6) is 0 Å². The number of benzene rings is 1. The minimum atomic E-state index is -0.916. The van der Waals surface area contributed by atoms with Gasteiger partial charge in [-0.2, -0.15) is 0 Å². The molecular formula is C20H24N2O5S. The minimum absolute atomic E-state index is 0.162. The molecule has 1 saturated heterocycles. The largest absolute Gasteiger partial charge is 0.478 e. The van der Waals surface area contributed by atoms with Crippen LogP contribution in [0.1, 0.15) is 27.2 Å². The average molecular weight is 404 g/mol. The number of rotatable bonds is 6. The summed E-state index contributed by atoms with van der Waals surface area (Å²) < 4.78 is 10.9. The maximum Gasteiger partial charge on any atom is 0.407 e. The van der Waals surface area contributed by atoms with Crippen molar-refractivity contribution in [1.82, 2.24) is 5.32 Å². The van der Waals surface area contributed by atoms with Crippen molar-refractivity contribution in [3.63, 3.8) is 0 Å². The number of carboxylic acid groups (broad SMARTS) is 1. The van der Waals surface area contributed by atoms with E-state index in [9.17, 15) is 14.7 Å². The van der Waals surface area contributed by atoms with Gasteiger partial charge in [-0.1, -0.05) is 30.3 Å². The molecular weight excluding hydrogens is 380 g/mol. The lowest BCUT2D eigenvalue weighted by atomic mass is 10.0. The molecule has 150 valence electrons. The number of thiophene rings is 1. The number of methoxy groups -OCH3 is 1. The molecule has 0 aliphatic carbocycles. The van der Waals surface area contributed by atoms with E-state index in [0.717, 1.165) is 15.4 Å². The first-order chi connectivity index (χ1) is 13.5. The number of aryl methyl sites for hydroxylation is 1. The van der Waals surface area contributed by atoms with Gasteiger partial charge in [0.1, 0.15) is 6.61 Å². The second-order valence-electron chi connectivity index (χ2n) is 6.68. The zero-order valence-electron chi connectivity index (χ0n) is 15.9. The smallest absolute Gasteiger partial charge is 0.407 e. The van der Waals surface area contributed by atoms with E-state index in [2.05, 4.69) is 10.2 Å². The Bertz CT molecular complexity index is 823. The van der Waals surface area contributed by atoms with Crippen molar-refractivity contribution in [2.45, 2.75) is 32.1 Å². The van der Waals surface area contributed by atoms with E-state index in [1.54, 1.807) is 13.2 Å². The Morgan fingerprint density at radius 1 is 1.32 bits per heavy atom. The van der Waals surface area contributed by atoms with Gasteiger partial charge in [0, 0.05) is 25.1 Å². The van der Waals surface area contributed by atoms with Crippen LogP contribution in [-0.4, -0.2) is 49.5 Å². The summed E-state index contributed by atoms with van der Waals surface area (Å²) in [4.78, 5) is 26.3. The molecule has 2 atom stereocenters. The number of aromatic carboxylic acids is 1. The number of carbonyl (C=O) groups excluding carboxylic acids is 1. The highest BCUT2D eigenvalue weighted by molar-refractivity contribution is 7.16. The molecule has 1 fully saturated rings. The lowest BCUT2D eigenvalue weighted by molar-refractivity contribution is 0.0547. The third-order valence-electron chi connectivity index (χ3n) is 4.82. The van der Waals surface area contributed by atoms with Crippen LogP contribution in [-0.2, 0) is 16.1 Å². The van der Waals surface area contributed by atoms with E-state index in [4.69, 9.17) is 9.47 Å². The van der Waals surface area contributed by atoms with E-state index in [1.807, 2.05) is 37.3 Å². The topological polar surface area (TPSA) is 88.1 Å². The highest BCUT2D eigenvalue weighted by Gasteiger charge is 2.32. The molecule has 1 aromatic carbocycles. The molecule has 7 nitrogen and oxygen atoms in total. The number of hydrogen-bond acceptors (Lipinski definition) is 6. The van der Waals surface area contributed by atoms with Gasteiger partial charge in [0.25, 0.3) is 0 Å². The number of nitrogens with zero attached hydrogens (tertiary/aromatic N) is 1. The fourth-order valence-electron chi connectivity index (χ4n) is 3.27. The molecule has 2 heterocycles. The van der Waals surface area contributed by atoms with Crippen LogP contribution in [0.2, 0.25) is 0 Å². The first-order valence-corrected chi connectivity index (χ1v) is 9.88. The van der Waals surface area contributed by atoms with E-state index in [-0.39, 0.29) is 18.8 Å². The Kier molecular flexibility index (Phi) is 6.53. The number of alkyl carbamates (subject to hydrolysis) is 1. The second kappa shape index (κ2) is 9.07. The second-order valence-corrected chi connectivity index (χ2v) is 7.92. The number of piperidine rings is 1. The lowest BCUT2D eigenvalue weighted by Gasteiger charge is -2.38. The van der Waals surface area contributed by atoms with Crippen molar-refractivity contribution in [2.24, 2.45) is 0 Å². The van der Waals surface area contributed by atoms with Crippen molar-refractivity contribution in [1.29, 1.82) is 0 Å². The monoisotopic (exact) mass is 404 g/mol. The number of hydrogen-bond donors (Lipinski definition) is 2. The summed E-state index contributed by atoms with van der Waals surface area (Å²) in [5.74, 6) is -0.916. The molecule has 1 aliphatic heterocycles. The molecule has 2 aromatic rings. The molecule has 1 aromatic heterocycles. The minimum Gasteiger partial charge on any atom is -0.478 e. The van der Waals surface area contributed by atoms with Gasteiger partial charge in [-0.3, -0.25) is 0 Å². The fourth-order valence-corrected chi connectivity index (χ4v) is 4.31. The van der Waals surface area contributed by atoms with Crippen molar-refractivity contribution in [3.05, 3.63) is 52.4 Å². The molecule has 2 unspecified atom stereocenters. The van der Waals surface area contributed by atoms with Crippen LogP contribution in [0, 0.1) is 6.92 Å². The van der Waals surface area contributed by atoms with Crippen molar-refractivity contribution in [2.75, 3.05) is 25.1 Å². The Morgan fingerprint density at radius 2 is 2.07 bits per heavy atom. The molecule has 0 radical (unpaired) electrons. The van der Waals surface area contributed by atoms with Gasteiger partial charge >= 0.3 is 12.1 Å². The number of carbonyl (C=O) groups is 2. The van der Waals surface area contributed by atoms with Crippen LogP contribution in [0.3, 0.4) is 0 Å². The molecule has 3 rings (SSSR count). The first-order valence-electron chi connectivity index (χ1n) is 9.06. The lowest BCUT2D eigenvalue weighted by Crippen LogP contribution is -2.54. The molecule has 28 heavy (non-hydrogen) atoms. The molecule has 1 amide bonds. The normalized spacial score (nSPS) is 19.3. The first kappa shape index (κ1) is 20.2. The van der Waals surface area contributed by atoms with Gasteiger partial charge in [-0.15, -0.1) is 11.3 Å². The maximum atomic E-state index is 12.2. The fraction of sp³-hybridized carbons (Fsp3) is 0.400. The number of nitrogens with one attached hydrogen (secondary N) is 1. The molecule has 8 heteroatoms. The van der Waals surface area contributed by atoms with Crippen LogP contribution in [0.25, 0.3) is 0 Å². The average Bonchev–Trinajstić information content (AvgIpc) is 3.09. The highest BCUT2D eigenvalue weighted by atomic mass is 32.1. The third kappa shape index (κ3) is 4.82. The van der Waals surface area contributed by atoms with E-state index >= 15 is 0 Å². The molecule has 1 aliphatic rings. The Balaban J connectivity index is 1.56. The summed E-state index contributed by atoms with van der Waals surface area (Å²) in [7, 11) is 1.61. The summed E-state index contributed by atoms with van der Waals surface area (Å²) >= 11 is 1.46. The number of amides is 1. The Morgan fingerprint density at radius 3 is 2.71 bits per heavy atom. The van der Waals surface area contributed by atoms with Crippen molar-refractivity contribution >= 4 is 28.4 Å². The molecule has 0 saturated carbocycles. The summed E-state index contributed by atoms with van der Waals surface area (Å²) in [5.41, 5.74) is 1.26. The van der Waals surface area contributed by atoms with E-state index in [1.165, 1.54) is 11.3 Å². The number of ether oxygens (including phenoxy) is 2. The maximum absolute atomic E-state index is 12.2. The predicted octanol–water partition coefficient (Wildman–Crippen LogP) is 3.27. The summed E-state index contributed by atoms with van der Waals surface area (Å²) in [6.45, 7) is 3.29. The van der Waals surface area contributed by atoms with Gasteiger partial charge in [0.15, 0.2) is 0 Å². The van der Waals surface area contributed by atoms with Crippen molar-refractivity contribution in [3.8, 4) is 0 Å². The highest BCUT2D eigenvalue weighted by Crippen LogP contribution is 2.32. The summed E-state index contributed by atoms with van der Waals surface area (Å²) in [6.07, 6.45) is -0.00336. The van der Waals surface area contributed by atoms with Crippen molar-refractivity contribution < 1.29 is 24.2 Å².